The highest BCUT2D eigenvalue weighted by Gasteiger charge is 2.74. The third kappa shape index (κ3) is 7.05. The molecule has 5 aliphatic carbocycles. The Morgan fingerprint density at radius 2 is 1.39 bits per heavy atom. The number of piperidine rings is 2. The number of ether oxygens (including phenoxy) is 4. The van der Waals surface area contributed by atoms with Crippen molar-refractivity contribution in [2.24, 2.45) is 5.92 Å². The topological polar surface area (TPSA) is 257 Å². The number of nitrogens with one attached hydrogen (secondary N) is 5. The van der Waals surface area contributed by atoms with Gasteiger partial charge in [0.25, 0.3) is 0 Å². The molecule has 4 aromatic rings. The number of carbonyl (C=O) groups is 4. The zero-order valence-corrected chi connectivity index (χ0v) is 41.6. The third-order valence-electron chi connectivity index (χ3n) is 18.7. The number of aromatic amines is 1. The van der Waals surface area contributed by atoms with Gasteiger partial charge in [-0.1, -0.05) is 24.3 Å². The summed E-state index contributed by atoms with van der Waals surface area (Å²) in [6, 6.07) is 12.3. The molecule has 74 heavy (non-hydrogen) atoms. The molecule has 2 saturated carbocycles. The minimum Gasteiger partial charge on any atom is -0.504 e. The number of hydrogen-bond donors (Lipinski definition) is 9. The van der Waals surface area contributed by atoms with E-state index in [2.05, 4.69) is 36.1 Å². The van der Waals surface area contributed by atoms with Crippen molar-refractivity contribution in [2.45, 2.75) is 123 Å². The number of amides is 4. The molecule has 2 saturated heterocycles. The number of anilines is 1. The molecule has 3 aromatic carbocycles. The van der Waals surface area contributed by atoms with E-state index in [1.165, 1.54) is 12.8 Å². The number of phenols is 2. The Kier molecular flexibility index (Phi) is 11.3. The molecule has 9 atom stereocenters. The summed E-state index contributed by atoms with van der Waals surface area (Å²) in [6.45, 7) is 1.90. The summed E-state index contributed by atoms with van der Waals surface area (Å²) >= 11 is 0. The summed E-state index contributed by atoms with van der Waals surface area (Å²) in [7, 11) is 2.03. The van der Waals surface area contributed by atoms with Gasteiger partial charge in [0.1, 0.15) is 32.5 Å². The molecule has 0 radical (unpaired) electrons. The fourth-order valence-corrected chi connectivity index (χ4v) is 15.4. The molecular weight excluding hydrogens is 951 g/mol. The van der Waals surface area contributed by atoms with E-state index < -0.39 is 52.1 Å². The van der Waals surface area contributed by atoms with Crippen LogP contribution in [-0.2, 0) is 58.7 Å². The number of para-hydroxylation sites is 1. The van der Waals surface area contributed by atoms with Crippen LogP contribution in [0.4, 0.5) is 5.69 Å². The van der Waals surface area contributed by atoms with Gasteiger partial charge in [0.15, 0.2) is 29.1 Å². The number of carbonyl (C=O) groups excluding carboxylic acids is 4. The van der Waals surface area contributed by atoms with Crippen LogP contribution in [0.2, 0.25) is 0 Å². The second kappa shape index (κ2) is 17.6. The van der Waals surface area contributed by atoms with E-state index in [0.29, 0.717) is 99.5 Å². The van der Waals surface area contributed by atoms with Crippen LogP contribution in [0.25, 0.3) is 10.9 Å². The lowest BCUT2D eigenvalue weighted by atomic mass is 9.48. The van der Waals surface area contributed by atoms with Crippen LogP contribution in [0.15, 0.2) is 42.5 Å². The second-order valence-corrected chi connectivity index (χ2v) is 22.7. The first-order chi connectivity index (χ1) is 35.7. The molecule has 13 rings (SSSR count). The summed E-state index contributed by atoms with van der Waals surface area (Å²) in [5.41, 5.74) is 3.32. The maximum absolute atomic E-state index is 13.2. The Labute approximate surface area is 427 Å². The predicted molar refractivity (Wildman–Crippen MR) is 267 cm³/mol. The molecule has 4 bridgehead atoms. The van der Waals surface area contributed by atoms with Crippen LogP contribution in [-0.4, -0.2) is 160 Å². The van der Waals surface area contributed by atoms with E-state index in [1.807, 2.05) is 31.3 Å². The highest BCUT2D eigenvalue weighted by molar-refractivity contribution is 6.03. The molecule has 0 unspecified atom stereocenters. The number of benzene rings is 3. The number of hydrogen-bond acceptors (Lipinski definition) is 14. The summed E-state index contributed by atoms with van der Waals surface area (Å²) < 4.78 is 24.2. The van der Waals surface area contributed by atoms with Crippen molar-refractivity contribution in [2.75, 3.05) is 71.5 Å². The molecule has 2 spiro atoms. The Bertz CT molecular complexity index is 3000. The predicted octanol–water partition coefficient (Wildman–Crippen LogP) is 2.23. The number of aromatic nitrogens is 1. The number of aliphatic hydroxyl groups is 2. The molecule has 392 valence electrons. The Balaban J connectivity index is 0.543. The minimum absolute atomic E-state index is 0.0311. The number of fused-ring (bicyclic) bond motifs is 4. The van der Waals surface area contributed by atoms with Crippen molar-refractivity contribution in [3.05, 3.63) is 76.0 Å². The molecule has 5 heterocycles. The van der Waals surface area contributed by atoms with Crippen molar-refractivity contribution >= 4 is 40.2 Å². The van der Waals surface area contributed by atoms with E-state index in [0.717, 1.165) is 58.5 Å². The lowest BCUT2D eigenvalue weighted by Crippen LogP contribution is -2.77. The summed E-state index contributed by atoms with van der Waals surface area (Å²) in [4.78, 5) is 59.8. The lowest BCUT2D eigenvalue weighted by Gasteiger charge is -2.63. The number of likely N-dealkylation sites (N-methyl/N-ethyl adjacent to an activating group) is 1. The van der Waals surface area contributed by atoms with E-state index in [-0.39, 0.29) is 61.8 Å². The van der Waals surface area contributed by atoms with Gasteiger partial charge in [0.05, 0.1) is 45.0 Å². The summed E-state index contributed by atoms with van der Waals surface area (Å²) in [5, 5.41) is 59.8. The van der Waals surface area contributed by atoms with Gasteiger partial charge in [0, 0.05) is 54.7 Å². The Morgan fingerprint density at radius 3 is 2.11 bits per heavy atom. The third-order valence-corrected chi connectivity index (χ3v) is 18.7. The average molecular weight is 1020 g/mol. The smallest absolute Gasteiger partial charge is 0.250 e. The fourth-order valence-electron chi connectivity index (χ4n) is 15.4. The van der Waals surface area contributed by atoms with E-state index in [1.54, 1.807) is 18.2 Å². The number of phenolic OH excluding ortho intramolecular Hbond substituents is 2. The first-order valence-electron chi connectivity index (χ1n) is 26.6. The largest absolute Gasteiger partial charge is 0.504 e. The molecule has 9 N–H and O–H groups in total. The van der Waals surface area contributed by atoms with Gasteiger partial charge in [-0.3, -0.25) is 24.1 Å². The molecule has 1 aromatic heterocycles. The molecule has 4 fully saturated rings. The molecular formula is C55H65N7O12. The quantitative estimate of drug-likeness (QED) is 0.0689. The van der Waals surface area contributed by atoms with Gasteiger partial charge in [-0.2, -0.15) is 0 Å². The number of H-pyrrole nitrogens is 1. The number of likely N-dealkylation sites (tertiary alicyclic amines) is 2. The van der Waals surface area contributed by atoms with Crippen LogP contribution >= 0.6 is 0 Å². The van der Waals surface area contributed by atoms with Crippen molar-refractivity contribution in [1.82, 2.24) is 30.7 Å². The highest BCUT2D eigenvalue weighted by atomic mass is 16.5. The van der Waals surface area contributed by atoms with Gasteiger partial charge < -0.3 is 70.5 Å². The number of rotatable bonds is 17. The van der Waals surface area contributed by atoms with Gasteiger partial charge >= 0.3 is 0 Å². The number of unbranched alkanes of at least 4 members (excludes halogenated alkanes) is 1. The maximum Gasteiger partial charge on any atom is 0.250 e. The van der Waals surface area contributed by atoms with Crippen LogP contribution in [0.1, 0.15) is 91.0 Å². The van der Waals surface area contributed by atoms with Gasteiger partial charge in [0.2, 0.25) is 23.6 Å². The highest BCUT2D eigenvalue weighted by Crippen LogP contribution is 2.70. The molecule has 9 aliphatic rings. The molecule has 19 nitrogen and oxygen atoms in total. The van der Waals surface area contributed by atoms with Gasteiger partial charge in [-0.25, -0.2) is 0 Å². The van der Waals surface area contributed by atoms with Crippen LogP contribution < -0.4 is 30.7 Å². The van der Waals surface area contributed by atoms with Crippen molar-refractivity contribution in [1.29, 1.82) is 0 Å². The summed E-state index contributed by atoms with van der Waals surface area (Å²) in [6.07, 6.45) is 6.49. The maximum atomic E-state index is 13.2. The van der Waals surface area contributed by atoms with Crippen LogP contribution in [0.5, 0.6) is 23.0 Å². The molecule has 4 amide bonds. The molecule has 19 heteroatoms. The van der Waals surface area contributed by atoms with E-state index in [4.69, 9.17) is 18.9 Å². The monoisotopic (exact) mass is 1020 g/mol. The zero-order valence-electron chi connectivity index (χ0n) is 41.6. The second-order valence-electron chi connectivity index (χ2n) is 22.7. The SMILES string of the molecule is CN1CC[C@]23c4c5ccc(O)c4O[C@H]2[C@@H](NC(=O)COCC(=O)NCCCCNC(=O)COCC(=O)Nc2cccc4c6c([nH]c24)[C@@H]2Oc4c(O)ccc7c4[C@@]24CCN(CC2CC2)[C@H](C7)[C@]4(O)C6)CC[C@@]3(O)[C@H]1C5. The summed E-state index contributed by atoms with van der Waals surface area (Å²) in [5.74, 6) is 0.0281. The lowest BCUT2D eigenvalue weighted by molar-refractivity contribution is -0.187. The van der Waals surface area contributed by atoms with Crippen molar-refractivity contribution in [3.63, 3.8) is 0 Å². The van der Waals surface area contributed by atoms with Crippen LogP contribution in [0, 0.1) is 5.92 Å². The Morgan fingerprint density at radius 1 is 0.743 bits per heavy atom. The van der Waals surface area contributed by atoms with E-state index in [9.17, 15) is 39.6 Å². The first-order valence-corrected chi connectivity index (χ1v) is 26.6. The van der Waals surface area contributed by atoms with Gasteiger partial charge in [-0.15, -0.1) is 0 Å². The fraction of sp³-hybridized carbons (Fsp3) is 0.564. The van der Waals surface area contributed by atoms with Crippen molar-refractivity contribution in [3.8, 4) is 23.0 Å². The number of aromatic hydroxyl groups is 2. The zero-order chi connectivity index (χ0) is 50.9. The standard InChI is InChI=1S/C55H65N7O12/c1-61-19-15-52-44-30-9-11-36(63)48(44)73-50(52)35(13-14-54(52,69)38(61)21-30)59-43(68)28-72-26-41(66)57-18-3-2-17-56-40(65)25-71-27-42(67)58-34-6-4-5-32-33-23-55(70)39-22-31-10-12-37(64)49-45(31)53(55,16-20-62(39)24-29-7-8-29)51(74-49)47(33)60-46(32)34/h4-6,9-12,29,35,38-39,50-51,60,63-64,69-70H,2-3,7-8,13-28H2,1H3,(H,56,65)(H,57,66)(H,58,67)(H,59,68)/t35-,38+,39+,50-,51-,52-,53-,54+,55+/m0/s1. The Hall–Kier alpha value is -5.96. The normalized spacial score (nSPS) is 31.4. The van der Waals surface area contributed by atoms with Gasteiger partial charge in [-0.05, 0) is 125 Å². The van der Waals surface area contributed by atoms with E-state index >= 15 is 0 Å². The molecule has 4 aliphatic heterocycles. The number of nitrogens with zero attached hydrogens (tertiary/aromatic N) is 2. The minimum atomic E-state index is -1.14. The van der Waals surface area contributed by atoms with Crippen molar-refractivity contribution < 1.29 is 58.6 Å². The first kappa shape index (κ1) is 47.7. The van der Waals surface area contributed by atoms with Crippen LogP contribution in [0.3, 0.4) is 0 Å². The average Bonchev–Trinajstić information content (AvgIpc) is 3.85.